The van der Waals surface area contributed by atoms with Gasteiger partial charge in [0.2, 0.25) is 0 Å². The zero-order valence-electron chi connectivity index (χ0n) is 11.5. The van der Waals surface area contributed by atoms with E-state index in [-0.39, 0.29) is 0 Å². The first kappa shape index (κ1) is 14.9. The lowest BCUT2D eigenvalue weighted by Gasteiger charge is -2.10. The highest BCUT2D eigenvalue weighted by atomic mass is 16.1. The Hall–Kier alpha value is -1.18. The Kier molecular flexibility index (Phi) is 8.11. The van der Waals surface area contributed by atoms with Gasteiger partial charge in [-0.15, -0.1) is 0 Å². The molecule has 0 aliphatic heterocycles. The average molecular weight is 247 g/mol. The van der Waals surface area contributed by atoms with Gasteiger partial charge in [-0.25, -0.2) is 0 Å². The lowest BCUT2D eigenvalue weighted by atomic mass is 9.96. The monoisotopic (exact) mass is 247 g/mol. The molecule has 2 nitrogen and oxygen atoms in total. The number of carbonyl (C=O) groups excluding carboxylic acids is 1. The number of rotatable bonds is 10. The minimum atomic E-state index is 0.619. The van der Waals surface area contributed by atoms with Crippen LogP contribution in [0.2, 0.25) is 0 Å². The topological polar surface area (TPSA) is 30.0 Å². The highest BCUT2D eigenvalue weighted by molar-refractivity contribution is 5.48. The molecule has 0 fully saturated rings. The Bertz CT molecular complexity index is 310. The van der Waals surface area contributed by atoms with E-state index in [4.69, 9.17) is 0 Å². The van der Waals surface area contributed by atoms with Crippen molar-refractivity contribution in [2.45, 2.75) is 64.2 Å². The first-order valence-corrected chi connectivity index (χ1v) is 7.18. The van der Waals surface area contributed by atoms with E-state index in [0.29, 0.717) is 5.92 Å². The zero-order chi connectivity index (χ0) is 13.1. The fraction of sp³-hybridized carbons (Fsp3) is 0.625. The van der Waals surface area contributed by atoms with Crippen LogP contribution in [0, 0.1) is 0 Å². The van der Waals surface area contributed by atoms with Gasteiger partial charge in [-0.1, -0.05) is 45.1 Å². The lowest BCUT2D eigenvalue weighted by Crippen LogP contribution is -1.94. The summed E-state index contributed by atoms with van der Waals surface area (Å²) in [7, 11) is 0. The predicted octanol–water partition coefficient (Wildman–Crippen LogP) is 4.50. The fourth-order valence-corrected chi connectivity index (χ4v) is 2.22. The van der Waals surface area contributed by atoms with Crippen molar-refractivity contribution in [1.82, 2.24) is 4.98 Å². The molecule has 0 amide bonds. The molecule has 100 valence electrons. The van der Waals surface area contributed by atoms with Crippen molar-refractivity contribution < 1.29 is 4.79 Å². The molecule has 1 rings (SSSR count). The Balaban J connectivity index is 1.99. The van der Waals surface area contributed by atoms with Crippen molar-refractivity contribution in [1.29, 1.82) is 0 Å². The summed E-state index contributed by atoms with van der Waals surface area (Å²) < 4.78 is 0. The van der Waals surface area contributed by atoms with E-state index in [2.05, 4.69) is 18.0 Å². The minimum absolute atomic E-state index is 0.619. The number of hydrogen-bond acceptors (Lipinski definition) is 2. The van der Waals surface area contributed by atoms with E-state index in [9.17, 15) is 4.79 Å². The number of aldehydes is 1. The van der Waals surface area contributed by atoms with Crippen molar-refractivity contribution in [2.75, 3.05) is 0 Å². The molecule has 0 bridgehead atoms. The smallest absolute Gasteiger partial charge is 0.119 e. The number of unbranched alkanes of at least 4 members (excludes halogenated alkanes) is 6. The number of nitrogens with zero attached hydrogens (tertiary/aromatic N) is 1. The van der Waals surface area contributed by atoms with Crippen molar-refractivity contribution >= 4 is 6.29 Å². The van der Waals surface area contributed by atoms with Crippen molar-refractivity contribution in [3.05, 3.63) is 30.1 Å². The van der Waals surface area contributed by atoms with Gasteiger partial charge in [0.05, 0.1) is 0 Å². The number of carbonyl (C=O) groups is 1. The van der Waals surface area contributed by atoms with Crippen LogP contribution >= 0.6 is 0 Å². The van der Waals surface area contributed by atoms with Crippen LogP contribution in [-0.4, -0.2) is 11.3 Å². The van der Waals surface area contributed by atoms with E-state index in [1.54, 1.807) is 0 Å². The number of aromatic nitrogens is 1. The second kappa shape index (κ2) is 9.81. The van der Waals surface area contributed by atoms with E-state index < -0.39 is 0 Å². The fourth-order valence-electron chi connectivity index (χ4n) is 2.22. The molecule has 0 saturated carbocycles. The summed E-state index contributed by atoms with van der Waals surface area (Å²) in [5, 5.41) is 0. The summed E-state index contributed by atoms with van der Waals surface area (Å²) in [6.07, 6.45) is 14.3. The molecule has 0 aliphatic carbocycles. The van der Waals surface area contributed by atoms with Gasteiger partial charge in [0.15, 0.2) is 0 Å². The maximum absolute atomic E-state index is 10.1. The molecule has 0 saturated heterocycles. The third-order valence-corrected chi connectivity index (χ3v) is 3.46. The highest BCUT2D eigenvalue weighted by Crippen LogP contribution is 2.21. The van der Waals surface area contributed by atoms with Gasteiger partial charge < -0.3 is 4.79 Å². The van der Waals surface area contributed by atoms with Gasteiger partial charge >= 0.3 is 0 Å². The van der Waals surface area contributed by atoms with Crippen LogP contribution < -0.4 is 0 Å². The maximum atomic E-state index is 10.1. The molecule has 0 spiro atoms. The summed E-state index contributed by atoms with van der Waals surface area (Å²) >= 11 is 0. The quantitative estimate of drug-likeness (QED) is 0.450. The van der Waals surface area contributed by atoms with E-state index in [0.717, 1.165) is 19.1 Å². The molecule has 0 radical (unpaired) electrons. The Morgan fingerprint density at radius 1 is 1.17 bits per heavy atom. The van der Waals surface area contributed by atoms with Crippen LogP contribution in [0.5, 0.6) is 0 Å². The van der Waals surface area contributed by atoms with Crippen molar-refractivity contribution in [3.63, 3.8) is 0 Å². The first-order valence-electron chi connectivity index (χ1n) is 7.18. The normalized spacial score (nSPS) is 12.3. The van der Waals surface area contributed by atoms with Crippen LogP contribution in [0.4, 0.5) is 0 Å². The molecule has 1 aromatic rings. The molecule has 1 atom stereocenters. The van der Waals surface area contributed by atoms with Gasteiger partial charge in [0, 0.05) is 18.8 Å². The first-order chi connectivity index (χ1) is 8.84. The van der Waals surface area contributed by atoms with Gasteiger partial charge in [0.1, 0.15) is 6.29 Å². The molecule has 18 heavy (non-hydrogen) atoms. The van der Waals surface area contributed by atoms with Crippen LogP contribution in [0.15, 0.2) is 24.5 Å². The second-order valence-electron chi connectivity index (χ2n) is 5.05. The van der Waals surface area contributed by atoms with E-state index in [1.165, 1.54) is 44.1 Å². The SMILES string of the molecule is CC(CCCCCCCCC=O)c1cccnc1. The van der Waals surface area contributed by atoms with Gasteiger partial charge in [0.25, 0.3) is 0 Å². The molecule has 0 aromatic carbocycles. The summed E-state index contributed by atoms with van der Waals surface area (Å²) in [6.45, 7) is 2.28. The summed E-state index contributed by atoms with van der Waals surface area (Å²) in [6, 6.07) is 4.18. The molecule has 1 aromatic heterocycles. The predicted molar refractivity (Wildman–Crippen MR) is 75.7 cm³/mol. The summed E-state index contributed by atoms with van der Waals surface area (Å²) in [5.74, 6) is 0.619. The van der Waals surface area contributed by atoms with Crippen LogP contribution in [0.25, 0.3) is 0 Å². The molecule has 0 N–H and O–H groups in total. The highest BCUT2D eigenvalue weighted by Gasteiger charge is 2.04. The van der Waals surface area contributed by atoms with Gasteiger partial charge in [-0.2, -0.15) is 0 Å². The molecular formula is C16H25NO. The van der Waals surface area contributed by atoms with Crippen LogP contribution in [0.1, 0.15) is 69.8 Å². The average Bonchev–Trinajstić information content (AvgIpc) is 2.42. The molecule has 1 unspecified atom stereocenters. The number of pyridine rings is 1. The van der Waals surface area contributed by atoms with E-state index in [1.807, 2.05) is 18.5 Å². The summed E-state index contributed by atoms with van der Waals surface area (Å²) in [4.78, 5) is 14.3. The van der Waals surface area contributed by atoms with E-state index >= 15 is 0 Å². The summed E-state index contributed by atoms with van der Waals surface area (Å²) in [5.41, 5.74) is 1.35. The minimum Gasteiger partial charge on any atom is -0.303 e. The Morgan fingerprint density at radius 3 is 2.56 bits per heavy atom. The van der Waals surface area contributed by atoms with Crippen molar-refractivity contribution in [2.24, 2.45) is 0 Å². The maximum Gasteiger partial charge on any atom is 0.119 e. The zero-order valence-corrected chi connectivity index (χ0v) is 11.5. The standard InChI is InChI=1S/C16H25NO/c1-15(16-11-9-12-17-14-16)10-7-5-3-2-4-6-8-13-18/h9,11-15H,2-8,10H2,1H3. The van der Waals surface area contributed by atoms with Crippen LogP contribution in [0.3, 0.4) is 0 Å². The molecule has 2 heteroatoms. The third-order valence-electron chi connectivity index (χ3n) is 3.46. The lowest BCUT2D eigenvalue weighted by molar-refractivity contribution is -0.107. The number of hydrogen-bond donors (Lipinski definition) is 0. The van der Waals surface area contributed by atoms with Gasteiger partial charge in [-0.05, 0) is 30.4 Å². The molecule has 1 heterocycles. The Labute approximate surface area is 111 Å². The molecular weight excluding hydrogens is 222 g/mol. The Morgan fingerprint density at radius 2 is 1.89 bits per heavy atom. The van der Waals surface area contributed by atoms with Crippen molar-refractivity contribution in [3.8, 4) is 0 Å². The van der Waals surface area contributed by atoms with Crippen LogP contribution in [-0.2, 0) is 4.79 Å². The molecule has 0 aliphatic rings. The second-order valence-corrected chi connectivity index (χ2v) is 5.05. The van der Waals surface area contributed by atoms with Gasteiger partial charge in [-0.3, -0.25) is 4.98 Å². The third kappa shape index (κ3) is 6.53. The largest absolute Gasteiger partial charge is 0.303 e.